The summed E-state index contributed by atoms with van der Waals surface area (Å²) in [5, 5.41) is 6.24. The van der Waals surface area contributed by atoms with Crippen LogP contribution in [0.2, 0.25) is 0 Å². The van der Waals surface area contributed by atoms with Gasteiger partial charge >= 0.3 is 0 Å². The number of nitrogens with one attached hydrogen (secondary N) is 1. The molecule has 1 aliphatic carbocycles. The van der Waals surface area contributed by atoms with Gasteiger partial charge in [-0.05, 0) is 53.5 Å². The average molecular weight is 404 g/mol. The lowest BCUT2D eigenvalue weighted by molar-refractivity contribution is 0.186. The largest absolute Gasteiger partial charge is 0.481 e. The molecule has 3 atom stereocenters. The molecule has 1 aromatic carbocycles. The SMILES string of the molecule is COc1ccc(Cc2cnc(NC3CCC(C(C)C)C(C)C3)c3ccccc23)cn1. The van der Waals surface area contributed by atoms with Crippen LogP contribution >= 0.6 is 0 Å². The molecule has 30 heavy (non-hydrogen) atoms. The monoisotopic (exact) mass is 403 g/mol. The van der Waals surface area contributed by atoms with Crippen LogP contribution in [0.15, 0.2) is 48.8 Å². The number of aromatic nitrogens is 2. The van der Waals surface area contributed by atoms with E-state index in [2.05, 4.69) is 61.4 Å². The predicted octanol–water partition coefficient (Wildman–Crippen LogP) is 6.10. The maximum atomic E-state index is 5.17. The summed E-state index contributed by atoms with van der Waals surface area (Å²) >= 11 is 0. The Morgan fingerprint density at radius 1 is 1.03 bits per heavy atom. The van der Waals surface area contributed by atoms with Crippen molar-refractivity contribution in [1.82, 2.24) is 9.97 Å². The number of ether oxygens (including phenoxy) is 1. The fraction of sp³-hybridized carbons (Fsp3) is 0.462. The van der Waals surface area contributed by atoms with Gasteiger partial charge in [0, 0.05) is 36.3 Å². The fourth-order valence-corrected chi connectivity index (χ4v) is 5.10. The van der Waals surface area contributed by atoms with Gasteiger partial charge in [0.25, 0.3) is 0 Å². The minimum atomic E-state index is 0.502. The van der Waals surface area contributed by atoms with Crippen LogP contribution in [0.5, 0.6) is 5.88 Å². The van der Waals surface area contributed by atoms with E-state index in [0.717, 1.165) is 35.6 Å². The Hall–Kier alpha value is -2.62. The highest BCUT2D eigenvalue weighted by molar-refractivity contribution is 5.94. The molecule has 0 bridgehead atoms. The molecule has 2 aromatic heterocycles. The summed E-state index contributed by atoms with van der Waals surface area (Å²) in [4.78, 5) is 9.19. The molecule has 0 spiro atoms. The Kier molecular flexibility index (Phi) is 6.21. The number of benzene rings is 1. The lowest BCUT2D eigenvalue weighted by atomic mass is 9.73. The van der Waals surface area contributed by atoms with Gasteiger partial charge in [-0.3, -0.25) is 0 Å². The second-order valence-corrected chi connectivity index (χ2v) is 9.10. The number of nitrogens with zero attached hydrogens (tertiary/aromatic N) is 2. The summed E-state index contributed by atoms with van der Waals surface area (Å²) in [5.41, 5.74) is 2.38. The molecular weight excluding hydrogens is 370 g/mol. The normalized spacial score (nSPS) is 21.7. The molecular formula is C26H33N3O. The van der Waals surface area contributed by atoms with Crippen molar-refractivity contribution in [3.8, 4) is 5.88 Å². The Morgan fingerprint density at radius 2 is 1.83 bits per heavy atom. The first-order chi connectivity index (χ1) is 14.5. The summed E-state index contributed by atoms with van der Waals surface area (Å²) in [5.74, 6) is 4.02. The zero-order valence-electron chi connectivity index (χ0n) is 18.6. The first-order valence-corrected chi connectivity index (χ1v) is 11.2. The third-order valence-electron chi connectivity index (χ3n) is 6.71. The zero-order chi connectivity index (χ0) is 21.1. The molecule has 0 aliphatic heterocycles. The number of rotatable bonds is 6. The molecule has 1 N–H and O–H groups in total. The molecule has 0 amide bonds. The topological polar surface area (TPSA) is 47.0 Å². The Balaban J connectivity index is 1.55. The van der Waals surface area contributed by atoms with Gasteiger partial charge in [-0.1, -0.05) is 51.1 Å². The number of anilines is 1. The fourth-order valence-electron chi connectivity index (χ4n) is 5.10. The number of hydrogen-bond acceptors (Lipinski definition) is 4. The first-order valence-electron chi connectivity index (χ1n) is 11.2. The summed E-state index contributed by atoms with van der Waals surface area (Å²) in [7, 11) is 1.64. The molecule has 4 rings (SSSR count). The van der Waals surface area contributed by atoms with Crippen molar-refractivity contribution in [3.63, 3.8) is 0 Å². The molecule has 1 saturated carbocycles. The van der Waals surface area contributed by atoms with Crippen LogP contribution in [-0.2, 0) is 6.42 Å². The maximum Gasteiger partial charge on any atom is 0.212 e. The molecule has 4 nitrogen and oxygen atoms in total. The van der Waals surface area contributed by atoms with Crippen molar-refractivity contribution in [2.24, 2.45) is 17.8 Å². The highest BCUT2D eigenvalue weighted by atomic mass is 16.5. The van der Waals surface area contributed by atoms with E-state index in [9.17, 15) is 0 Å². The van der Waals surface area contributed by atoms with Crippen molar-refractivity contribution in [2.45, 2.75) is 52.5 Å². The van der Waals surface area contributed by atoms with Gasteiger partial charge in [-0.15, -0.1) is 0 Å². The summed E-state index contributed by atoms with van der Waals surface area (Å²) in [6.07, 6.45) is 8.46. The number of hydrogen-bond donors (Lipinski definition) is 1. The van der Waals surface area contributed by atoms with Gasteiger partial charge in [0.15, 0.2) is 0 Å². The Morgan fingerprint density at radius 3 is 2.50 bits per heavy atom. The third kappa shape index (κ3) is 4.43. The van der Waals surface area contributed by atoms with Gasteiger partial charge in [0.1, 0.15) is 5.82 Å². The molecule has 1 aliphatic rings. The Bertz CT molecular complexity index is 983. The second-order valence-electron chi connectivity index (χ2n) is 9.10. The van der Waals surface area contributed by atoms with E-state index in [-0.39, 0.29) is 0 Å². The smallest absolute Gasteiger partial charge is 0.212 e. The standard InChI is InChI=1S/C26H33N3O/c1-17(2)22-11-10-21(13-18(22)3)29-26-24-8-6-5-7-23(24)20(16-28-26)14-19-9-12-25(30-4)27-15-19/h5-9,12,15-18,21-22H,10-11,13-14H2,1-4H3,(H,28,29). The summed E-state index contributed by atoms with van der Waals surface area (Å²) < 4.78 is 5.17. The van der Waals surface area contributed by atoms with Crippen LogP contribution in [0, 0.1) is 17.8 Å². The minimum absolute atomic E-state index is 0.502. The van der Waals surface area contributed by atoms with Crippen molar-refractivity contribution >= 4 is 16.6 Å². The maximum absolute atomic E-state index is 5.17. The quantitative estimate of drug-likeness (QED) is 0.540. The molecule has 0 saturated heterocycles. The first kappa shape index (κ1) is 20.6. The summed E-state index contributed by atoms with van der Waals surface area (Å²) in [6.45, 7) is 7.14. The molecule has 2 heterocycles. The highest BCUT2D eigenvalue weighted by Crippen LogP contribution is 2.36. The molecule has 4 heteroatoms. The van der Waals surface area contributed by atoms with Crippen LogP contribution in [-0.4, -0.2) is 23.1 Å². The van der Waals surface area contributed by atoms with Gasteiger partial charge < -0.3 is 10.1 Å². The third-order valence-corrected chi connectivity index (χ3v) is 6.71. The minimum Gasteiger partial charge on any atom is -0.481 e. The molecule has 0 radical (unpaired) electrons. The zero-order valence-corrected chi connectivity index (χ0v) is 18.6. The van der Waals surface area contributed by atoms with Crippen LogP contribution < -0.4 is 10.1 Å². The average Bonchev–Trinajstić information content (AvgIpc) is 2.76. The lowest BCUT2D eigenvalue weighted by Gasteiger charge is -2.37. The second kappa shape index (κ2) is 9.03. The lowest BCUT2D eigenvalue weighted by Crippen LogP contribution is -2.33. The number of fused-ring (bicyclic) bond motifs is 1. The number of pyridine rings is 2. The molecule has 3 unspecified atom stereocenters. The van der Waals surface area contributed by atoms with E-state index in [1.807, 2.05) is 18.5 Å². The van der Waals surface area contributed by atoms with E-state index in [1.165, 1.54) is 35.6 Å². The van der Waals surface area contributed by atoms with E-state index in [1.54, 1.807) is 7.11 Å². The molecule has 3 aromatic rings. The van der Waals surface area contributed by atoms with Gasteiger partial charge in [0.2, 0.25) is 5.88 Å². The van der Waals surface area contributed by atoms with E-state index in [4.69, 9.17) is 9.72 Å². The van der Waals surface area contributed by atoms with E-state index >= 15 is 0 Å². The van der Waals surface area contributed by atoms with Gasteiger partial charge in [0.05, 0.1) is 7.11 Å². The van der Waals surface area contributed by atoms with Crippen LogP contribution in [0.25, 0.3) is 10.8 Å². The molecule has 1 fully saturated rings. The van der Waals surface area contributed by atoms with E-state index in [0.29, 0.717) is 11.9 Å². The van der Waals surface area contributed by atoms with Crippen LogP contribution in [0.4, 0.5) is 5.82 Å². The number of methoxy groups -OCH3 is 1. The predicted molar refractivity (Wildman–Crippen MR) is 124 cm³/mol. The van der Waals surface area contributed by atoms with Crippen molar-refractivity contribution < 1.29 is 4.74 Å². The molecule has 158 valence electrons. The van der Waals surface area contributed by atoms with E-state index < -0.39 is 0 Å². The van der Waals surface area contributed by atoms with Crippen molar-refractivity contribution in [2.75, 3.05) is 12.4 Å². The van der Waals surface area contributed by atoms with Gasteiger partial charge in [-0.25, -0.2) is 9.97 Å². The van der Waals surface area contributed by atoms with Crippen molar-refractivity contribution in [1.29, 1.82) is 0 Å². The Labute approximate surface area is 180 Å². The van der Waals surface area contributed by atoms with Crippen LogP contribution in [0.1, 0.15) is 51.2 Å². The van der Waals surface area contributed by atoms with Gasteiger partial charge in [-0.2, -0.15) is 0 Å². The highest BCUT2D eigenvalue weighted by Gasteiger charge is 2.29. The van der Waals surface area contributed by atoms with Crippen LogP contribution in [0.3, 0.4) is 0 Å². The summed E-state index contributed by atoms with van der Waals surface area (Å²) in [6, 6.07) is 13.1. The van der Waals surface area contributed by atoms with Crippen molar-refractivity contribution in [3.05, 3.63) is 59.9 Å².